The SMILES string of the molecule is CCCNC(C)c1ncc(-c2c(C)oc(C)c2C)o1. The first-order valence-corrected chi connectivity index (χ1v) is 6.80. The van der Waals surface area contributed by atoms with E-state index in [-0.39, 0.29) is 6.04 Å². The van der Waals surface area contributed by atoms with Crippen molar-refractivity contribution in [2.24, 2.45) is 0 Å². The topological polar surface area (TPSA) is 51.2 Å². The van der Waals surface area contributed by atoms with Crippen LogP contribution in [0.25, 0.3) is 11.3 Å². The van der Waals surface area contributed by atoms with Crippen LogP contribution >= 0.6 is 0 Å². The standard InChI is InChI=1S/C15H22N2O2/c1-6-7-16-10(3)15-17-8-13(19-15)14-9(2)11(4)18-12(14)5/h8,10,16H,6-7H2,1-5H3. The van der Waals surface area contributed by atoms with E-state index >= 15 is 0 Å². The summed E-state index contributed by atoms with van der Waals surface area (Å²) < 4.78 is 11.5. The summed E-state index contributed by atoms with van der Waals surface area (Å²) in [5.41, 5.74) is 2.15. The molecule has 104 valence electrons. The van der Waals surface area contributed by atoms with Gasteiger partial charge in [0, 0.05) is 5.56 Å². The van der Waals surface area contributed by atoms with Crippen molar-refractivity contribution >= 4 is 0 Å². The summed E-state index contributed by atoms with van der Waals surface area (Å²) in [5, 5.41) is 3.37. The van der Waals surface area contributed by atoms with Gasteiger partial charge >= 0.3 is 0 Å². The van der Waals surface area contributed by atoms with Gasteiger partial charge < -0.3 is 14.2 Å². The molecule has 2 rings (SSSR count). The first-order valence-electron chi connectivity index (χ1n) is 6.80. The molecular weight excluding hydrogens is 240 g/mol. The number of hydrogen-bond donors (Lipinski definition) is 1. The van der Waals surface area contributed by atoms with Gasteiger partial charge in [-0.25, -0.2) is 4.98 Å². The van der Waals surface area contributed by atoms with E-state index < -0.39 is 0 Å². The highest BCUT2D eigenvalue weighted by Crippen LogP contribution is 2.32. The minimum atomic E-state index is 0.127. The van der Waals surface area contributed by atoms with Crippen molar-refractivity contribution in [3.8, 4) is 11.3 Å². The molecule has 0 saturated carbocycles. The van der Waals surface area contributed by atoms with Gasteiger partial charge in [-0.1, -0.05) is 6.92 Å². The summed E-state index contributed by atoms with van der Waals surface area (Å²) in [4.78, 5) is 4.37. The van der Waals surface area contributed by atoms with Crippen LogP contribution in [0.15, 0.2) is 15.0 Å². The van der Waals surface area contributed by atoms with Gasteiger partial charge in [-0.3, -0.25) is 0 Å². The molecule has 1 N–H and O–H groups in total. The molecule has 0 aliphatic heterocycles. The van der Waals surface area contributed by atoms with Crippen molar-refractivity contribution < 1.29 is 8.83 Å². The maximum atomic E-state index is 5.87. The number of rotatable bonds is 5. The maximum absolute atomic E-state index is 5.87. The van der Waals surface area contributed by atoms with E-state index in [9.17, 15) is 0 Å². The monoisotopic (exact) mass is 262 g/mol. The Hall–Kier alpha value is -1.55. The third kappa shape index (κ3) is 2.73. The fraction of sp³-hybridized carbons (Fsp3) is 0.533. The van der Waals surface area contributed by atoms with Crippen molar-refractivity contribution in [3.63, 3.8) is 0 Å². The zero-order valence-electron chi connectivity index (χ0n) is 12.3. The normalized spacial score (nSPS) is 12.9. The van der Waals surface area contributed by atoms with E-state index in [0.717, 1.165) is 47.3 Å². The maximum Gasteiger partial charge on any atom is 0.211 e. The Morgan fingerprint density at radius 2 is 1.95 bits per heavy atom. The molecule has 0 aliphatic carbocycles. The summed E-state index contributed by atoms with van der Waals surface area (Å²) >= 11 is 0. The number of nitrogens with zero attached hydrogens (tertiary/aromatic N) is 1. The molecule has 0 aliphatic rings. The van der Waals surface area contributed by atoms with Gasteiger partial charge in [0.2, 0.25) is 5.89 Å². The van der Waals surface area contributed by atoms with Crippen LogP contribution in [0.1, 0.15) is 49.3 Å². The molecule has 19 heavy (non-hydrogen) atoms. The summed E-state index contributed by atoms with van der Waals surface area (Å²) in [6, 6.07) is 0.127. The third-order valence-corrected chi connectivity index (χ3v) is 3.40. The lowest BCUT2D eigenvalue weighted by Crippen LogP contribution is -2.19. The molecule has 0 bridgehead atoms. The molecule has 2 aromatic rings. The van der Waals surface area contributed by atoms with Crippen LogP contribution in [0.2, 0.25) is 0 Å². The van der Waals surface area contributed by atoms with Crippen molar-refractivity contribution in [2.75, 3.05) is 6.54 Å². The van der Waals surface area contributed by atoms with Gasteiger partial charge in [0.25, 0.3) is 0 Å². The molecule has 4 heteroatoms. The van der Waals surface area contributed by atoms with E-state index in [2.05, 4.69) is 24.1 Å². The van der Waals surface area contributed by atoms with Gasteiger partial charge in [-0.2, -0.15) is 0 Å². The van der Waals surface area contributed by atoms with Crippen LogP contribution < -0.4 is 5.32 Å². The molecule has 0 spiro atoms. The smallest absolute Gasteiger partial charge is 0.211 e. The van der Waals surface area contributed by atoms with Gasteiger partial charge in [-0.05, 0) is 40.7 Å². The van der Waals surface area contributed by atoms with Gasteiger partial charge in [0.15, 0.2) is 5.76 Å². The van der Waals surface area contributed by atoms with E-state index in [1.807, 2.05) is 20.8 Å². The fourth-order valence-electron chi connectivity index (χ4n) is 2.21. The lowest BCUT2D eigenvalue weighted by molar-refractivity contribution is 0.422. The van der Waals surface area contributed by atoms with Crippen LogP contribution in [0, 0.1) is 20.8 Å². The number of oxazole rings is 1. The van der Waals surface area contributed by atoms with Crippen LogP contribution in [-0.2, 0) is 0 Å². The molecule has 1 unspecified atom stereocenters. The second-order valence-corrected chi connectivity index (χ2v) is 4.95. The highest BCUT2D eigenvalue weighted by molar-refractivity contribution is 5.64. The van der Waals surface area contributed by atoms with Crippen LogP contribution in [0.4, 0.5) is 0 Å². The van der Waals surface area contributed by atoms with E-state index in [4.69, 9.17) is 8.83 Å². The highest BCUT2D eigenvalue weighted by Gasteiger charge is 2.19. The zero-order chi connectivity index (χ0) is 14.0. The van der Waals surface area contributed by atoms with E-state index in [0.29, 0.717) is 0 Å². The van der Waals surface area contributed by atoms with Crippen LogP contribution in [0.3, 0.4) is 0 Å². The zero-order valence-corrected chi connectivity index (χ0v) is 12.3. The molecular formula is C15H22N2O2. The predicted octanol–water partition coefficient (Wildman–Crippen LogP) is 3.92. The second kappa shape index (κ2) is 5.61. The molecule has 0 aromatic carbocycles. The van der Waals surface area contributed by atoms with Crippen molar-refractivity contribution in [2.45, 2.75) is 47.1 Å². The van der Waals surface area contributed by atoms with Crippen LogP contribution in [0.5, 0.6) is 0 Å². The summed E-state index contributed by atoms with van der Waals surface area (Å²) in [6.07, 6.45) is 2.88. The fourth-order valence-corrected chi connectivity index (χ4v) is 2.21. The van der Waals surface area contributed by atoms with Crippen LogP contribution in [-0.4, -0.2) is 11.5 Å². The molecule has 0 saturated heterocycles. The first-order chi connectivity index (χ1) is 9.04. The highest BCUT2D eigenvalue weighted by atomic mass is 16.4. The largest absolute Gasteiger partial charge is 0.466 e. The average molecular weight is 262 g/mol. The Labute approximate surface area is 114 Å². The Kier molecular flexibility index (Phi) is 4.10. The summed E-state index contributed by atoms with van der Waals surface area (Å²) in [6.45, 7) is 11.1. The van der Waals surface area contributed by atoms with E-state index in [1.165, 1.54) is 0 Å². The molecule has 2 heterocycles. The molecule has 0 radical (unpaired) electrons. The number of hydrogen-bond acceptors (Lipinski definition) is 4. The lowest BCUT2D eigenvalue weighted by atomic mass is 10.1. The first kappa shape index (κ1) is 13.9. The summed E-state index contributed by atoms with van der Waals surface area (Å²) in [7, 11) is 0. The Morgan fingerprint density at radius 3 is 2.53 bits per heavy atom. The minimum Gasteiger partial charge on any atom is -0.466 e. The van der Waals surface area contributed by atoms with Crippen molar-refractivity contribution in [1.29, 1.82) is 0 Å². The Bertz CT molecular complexity index is 554. The number of furan rings is 1. The van der Waals surface area contributed by atoms with E-state index in [1.54, 1.807) is 6.20 Å². The molecule has 2 aromatic heterocycles. The molecule has 0 amide bonds. The van der Waals surface area contributed by atoms with Crippen molar-refractivity contribution in [1.82, 2.24) is 10.3 Å². The Morgan fingerprint density at radius 1 is 1.21 bits per heavy atom. The predicted molar refractivity (Wildman–Crippen MR) is 75.1 cm³/mol. The van der Waals surface area contributed by atoms with Crippen molar-refractivity contribution in [3.05, 3.63) is 29.2 Å². The molecule has 1 atom stereocenters. The molecule has 4 nitrogen and oxygen atoms in total. The lowest BCUT2D eigenvalue weighted by Gasteiger charge is -2.08. The number of nitrogens with one attached hydrogen (secondary N) is 1. The Balaban J connectivity index is 2.25. The molecule has 0 fully saturated rings. The van der Waals surface area contributed by atoms with Gasteiger partial charge in [0.1, 0.15) is 11.5 Å². The second-order valence-electron chi connectivity index (χ2n) is 4.95. The average Bonchev–Trinajstić information content (AvgIpc) is 2.93. The van der Waals surface area contributed by atoms with Gasteiger partial charge in [-0.15, -0.1) is 0 Å². The number of aryl methyl sites for hydroxylation is 2. The summed E-state index contributed by atoms with van der Waals surface area (Å²) in [5.74, 6) is 3.32. The number of aromatic nitrogens is 1. The quantitative estimate of drug-likeness (QED) is 0.887. The third-order valence-electron chi connectivity index (χ3n) is 3.40. The minimum absolute atomic E-state index is 0.127. The van der Waals surface area contributed by atoms with Gasteiger partial charge in [0.05, 0.1) is 17.8 Å².